The topological polar surface area (TPSA) is 52.3 Å². The van der Waals surface area contributed by atoms with Crippen molar-refractivity contribution in [2.24, 2.45) is 5.73 Å². The maximum absolute atomic E-state index is 13.7. The van der Waals surface area contributed by atoms with Crippen molar-refractivity contribution in [1.29, 1.82) is 0 Å². The number of carbonyl (C=O) groups is 1. The van der Waals surface area contributed by atoms with Gasteiger partial charge in [0.1, 0.15) is 11.6 Å². The zero-order valence-electron chi connectivity index (χ0n) is 11.4. The van der Waals surface area contributed by atoms with Gasteiger partial charge in [0, 0.05) is 22.5 Å². The van der Waals surface area contributed by atoms with Crippen LogP contribution in [-0.4, -0.2) is 12.6 Å². The van der Waals surface area contributed by atoms with E-state index < -0.39 is 17.7 Å². The fourth-order valence-corrected chi connectivity index (χ4v) is 2.82. The molecule has 3 nitrogen and oxygen atoms in total. The Morgan fingerprint density at radius 2 is 2.14 bits per heavy atom. The average Bonchev–Trinajstić information content (AvgIpc) is 2.88. The molecule has 1 atom stereocenters. The van der Waals surface area contributed by atoms with E-state index in [0.29, 0.717) is 17.7 Å². The number of rotatable bonds is 5. The van der Waals surface area contributed by atoms with Crippen molar-refractivity contribution >= 4 is 17.3 Å². The molecule has 0 aliphatic heterocycles. The molecule has 0 spiro atoms. The molecule has 0 amide bonds. The van der Waals surface area contributed by atoms with E-state index in [1.165, 1.54) is 23.5 Å². The van der Waals surface area contributed by atoms with Gasteiger partial charge in [0.15, 0.2) is 0 Å². The summed E-state index contributed by atoms with van der Waals surface area (Å²) in [5, 5.41) is 1.73. The van der Waals surface area contributed by atoms with Crippen LogP contribution in [0.5, 0.6) is 0 Å². The van der Waals surface area contributed by atoms with E-state index in [4.69, 9.17) is 10.5 Å². The number of esters is 1. The quantitative estimate of drug-likeness (QED) is 0.858. The first-order chi connectivity index (χ1) is 10.0. The third-order valence-electron chi connectivity index (χ3n) is 2.92. The molecule has 2 N–H and O–H groups in total. The van der Waals surface area contributed by atoms with Gasteiger partial charge in [-0.1, -0.05) is 0 Å². The fourth-order valence-electron chi connectivity index (χ4n) is 1.91. The third kappa shape index (κ3) is 3.86. The van der Waals surface area contributed by atoms with Gasteiger partial charge in [-0.3, -0.25) is 4.79 Å². The first-order valence-corrected chi connectivity index (χ1v) is 7.34. The Kier molecular flexibility index (Phi) is 5.03. The molecular weight excluding hydrogens is 296 g/mol. The number of carbonyl (C=O) groups excluding carboxylic acids is 1. The van der Waals surface area contributed by atoms with Crippen molar-refractivity contribution in [2.75, 3.05) is 6.61 Å². The Morgan fingerprint density at radius 1 is 1.38 bits per heavy atom. The van der Waals surface area contributed by atoms with Crippen LogP contribution in [-0.2, 0) is 9.53 Å². The minimum Gasteiger partial charge on any atom is -0.466 e. The highest BCUT2D eigenvalue weighted by atomic mass is 32.1. The highest BCUT2D eigenvalue weighted by Gasteiger charge is 2.16. The van der Waals surface area contributed by atoms with E-state index in [-0.39, 0.29) is 12.4 Å². The molecule has 1 aromatic carbocycles. The lowest BCUT2D eigenvalue weighted by Gasteiger charge is -2.08. The van der Waals surface area contributed by atoms with Crippen LogP contribution in [0.25, 0.3) is 11.1 Å². The van der Waals surface area contributed by atoms with Gasteiger partial charge in [0.2, 0.25) is 0 Å². The number of thiophene rings is 1. The van der Waals surface area contributed by atoms with Gasteiger partial charge in [-0.15, -0.1) is 11.3 Å². The van der Waals surface area contributed by atoms with E-state index in [1.807, 2.05) is 0 Å². The van der Waals surface area contributed by atoms with Gasteiger partial charge in [-0.05, 0) is 36.1 Å². The van der Waals surface area contributed by atoms with Crippen LogP contribution in [0, 0.1) is 11.6 Å². The second-order valence-corrected chi connectivity index (χ2v) is 5.42. The van der Waals surface area contributed by atoms with Crippen LogP contribution in [0.1, 0.15) is 24.3 Å². The van der Waals surface area contributed by atoms with Crippen molar-refractivity contribution in [2.45, 2.75) is 19.4 Å². The Bertz CT molecular complexity index is 642. The third-order valence-corrected chi connectivity index (χ3v) is 3.98. The molecular formula is C15H15F2NO2S. The largest absolute Gasteiger partial charge is 0.466 e. The maximum Gasteiger partial charge on any atom is 0.307 e. The monoisotopic (exact) mass is 311 g/mol. The molecule has 0 saturated heterocycles. The lowest BCUT2D eigenvalue weighted by atomic mass is 10.1. The Hall–Kier alpha value is -1.79. The molecule has 0 saturated carbocycles. The average molecular weight is 311 g/mol. The van der Waals surface area contributed by atoms with Gasteiger partial charge in [-0.2, -0.15) is 0 Å². The minimum absolute atomic E-state index is 0.0691. The highest BCUT2D eigenvalue weighted by molar-refractivity contribution is 7.10. The molecule has 1 heterocycles. The molecule has 0 aliphatic carbocycles. The van der Waals surface area contributed by atoms with E-state index in [2.05, 4.69) is 0 Å². The summed E-state index contributed by atoms with van der Waals surface area (Å²) in [5.41, 5.74) is 6.86. The lowest BCUT2D eigenvalue weighted by Crippen LogP contribution is -2.16. The molecule has 112 valence electrons. The highest BCUT2D eigenvalue weighted by Crippen LogP contribution is 2.31. The molecule has 21 heavy (non-hydrogen) atoms. The smallest absolute Gasteiger partial charge is 0.307 e. The molecule has 1 unspecified atom stereocenters. The van der Waals surface area contributed by atoms with Gasteiger partial charge >= 0.3 is 5.97 Å². The summed E-state index contributed by atoms with van der Waals surface area (Å²) in [6.45, 7) is 2.03. The van der Waals surface area contributed by atoms with Crippen molar-refractivity contribution in [3.05, 3.63) is 46.2 Å². The predicted molar refractivity (Wildman–Crippen MR) is 77.8 cm³/mol. The zero-order chi connectivity index (χ0) is 15.4. The number of benzene rings is 1. The number of hydrogen-bond donors (Lipinski definition) is 1. The molecule has 2 aromatic rings. The summed E-state index contributed by atoms with van der Waals surface area (Å²) < 4.78 is 31.5. The van der Waals surface area contributed by atoms with Crippen LogP contribution in [0.15, 0.2) is 29.6 Å². The lowest BCUT2D eigenvalue weighted by molar-refractivity contribution is -0.143. The van der Waals surface area contributed by atoms with Gasteiger partial charge in [0.05, 0.1) is 13.0 Å². The van der Waals surface area contributed by atoms with Gasteiger partial charge in [0.25, 0.3) is 0 Å². The summed E-state index contributed by atoms with van der Waals surface area (Å²) in [6.07, 6.45) is 0.0691. The van der Waals surface area contributed by atoms with Gasteiger partial charge < -0.3 is 10.5 Å². The first kappa shape index (κ1) is 15.6. The summed E-state index contributed by atoms with van der Waals surface area (Å²) in [5.74, 6) is -1.61. The normalized spacial score (nSPS) is 12.2. The van der Waals surface area contributed by atoms with Crippen molar-refractivity contribution < 1.29 is 18.3 Å². The summed E-state index contributed by atoms with van der Waals surface area (Å²) >= 11 is 1.33. The Labute approximate surface area is 125 Å². The van der Waals surface area contributed by atoms with E-state index in [9.17, 15) is 13.6 Å². The number of nitrogens with two attached hydrogens (primary N) is 1. The number of hydrogen-bond acceptors (Lipinski definition) is 4. The molecule has 1 aromatic heterocycles. The molecule has 0 radical (unpaired) electrons. The van der Waals surface area contributed by atoms with Crippen molar-refractivity contribution in [1.82, 2.24) is 0 Å². The number of ether oxygens (including phenoxy) is 1. The van der Waals surface area contributed by atoms with Crippen LogP contribution in [0.2, 0.25) is 0 Å². The molecule has 6 heteroatoms. The van der Waals surface area contributed by atoms with Crippen molar-refractivity contribution in [3.8, 4) is 11.1 Å². The molecule has 0 fully saturated rings. The minimum atomic E-state index is -0.627. The van der Waals surface area contributed by atoms with E-state index in [1.54, 1.807) is 18.4 Å². The zero-order valence-corrected chi connectivity index (χ0v) is 12.3. The number of halogens is 2. The van der Waals surface area contributed by atoms with Crippen molar-refractivity contribution in [3.63, 3.8) is 0 Å². The van der Waals surface area contributed by atoms with Crippen LogP contribution in [0.3, 0.4) is 0 Å². The fraction of sp³-hybridized carbons (Fsp3) is 0.267. The summed E-state index contributed by atoms with van der Waals surface area (Å²) in [4.78, 5) is 12.1. The molecule has 2 rings (SSSR count). The molecule has 0 bridgehead atoms. The van der Waals surface area contributed by atoms with Gasteiger partial charge in [-0.25, -0.2) is 8.78 Å². The summed E-state index contributed by atoms with van der Waals surface area (Å²) in [6, 6.07) is 4.64. The SMILES string of the molecule is CCOC(=O)CC(N)c1cc(-c2ccc(F)cc2F)cs1. The van der Waals surface area contributed by atoms with E-state index in [0.717, 1.165) is 10.9 Å². The maximum atomic E-state index is 13.7. The predicted octanol–water partition coefficient (Wildman–Crippen LogP) is 3.65. The van der Waals surface area contributed by atoms with Crippen LogP contribution >= 0.6 is 11.3 Å². The second kappa shape index (κ2) is 6.78. The molecule has 0 aliphatic rings. The van der Waals surface area contributed by atoms with Crippen LogP contribution in [0.4, 0.5) is 8.78 Å². The second-order valence-electron chi connectivity index (χ2n) is 4.48. The Morgan fingerprint density at radius 3 is 2.81 bits per heavy atom. The van der Waals surface area contributed by atoms with E-state index >= 15 is 0 Å². The summed E-state index contributed by atoms with van der Waals surface area (Å²) in [7, 11) is 0. The standard InChI is InChI=1S/C15H15F2NO2S/c1-2-20-15(19)7-13(18)14-5-9(8-21-14)11-4-3-10(16)6-12(11)17/h3-6,8,13H,2,7,18H2,1H3. The first-order valence-electron chi connectivity index (χ1n) is 6.46. The Balaban J connectivity index is 2.15. The van der Waals surface area contributed by atoms with Crippen LogP contribution < -0.4 is 5.73 Å².